The molecule has 0 spiro atoms. The van der Waals surface area contributed by atoms with Crippen LogP contribution in [0.4, 0.5) is 5.69 Å². The highest BCUT2D eigenvalue weighted by molar-refractivity contribution is 6.32. The Labute approximate surface area is 137 Å². The first-order valence-electron chi connectivity index (χ1n) is 6.72. The second-order valence-electron chi connectivity index (χ2n) is 5.11. The van der Waals surface area contributed by atoms with Gasteiger partial charge in [0.05, 0.1) is 0 Å². The van der Waals surface area contributed by atoms with E-state index in [-0.39, 0.29) is 11.7 Å². The van der Waals surface area contributed by atoms with Gasteiger partial charge in [0.25, 0.3) is 5.91 Å². The zero-order valence-electron chi connectivity index (χ0n) is 12.0. The van der Waals surface area contributed by atoms with E-state index >= 15 is 0 Å². The fourth-order valence-corrected chi connectivity index (χ4v) is 2.62. The van der Waals surface area contributed by atoms with Crippen LogP contribution in [0.3, 0.4) is 0 Å². The van der Waals surface area contributed by atoms with Crippen LogP contribution in [-0.2, 0) is 0 Å². The molecule has 1 N–H and O–H groups in total. The van der Waals surface area contributed by atoms with Gasteiger partial charge in [-0.15, -0.1) is 0 Å². The highest BCUT2D eigenvalue weighted by Gasteiger charge is 2.18. The van der Waals surface area contributed by atoms with Crippen molar-refractivity contribution in [3.05, 3.63) is 63.3 Å². The Kier molecular flexibility index (Phi) is 3.85. The number of aryl methyl sites for hydroxylation is 2. The number of hydrogen-bond acceptors (Lipinski definition) is 2. The lowest BCUT2D eigenvalue weighted by atomic mass is 10.1. The second kappa shape index (κ2) is 5.67. The van der Waals surface area contributed by atoms with Crippen LogP contribution in [0.15, 0.2) is 40.8 Å². The molecule has 1 aromatic heterocycles. The Hall–Kier alpha value is -1.97. The zero-order valence-corrected chi connectivity index (χ0v) is 13.5. The van der Waals surface area contributed by atoms with Gasteiger partial charge >= 0.3 is 0 Å². The first-order valence-corrected chi connectivity index (χ1v) is 7.47. The summed E-state index contributed by atoms with van der Waals surface area (Å²) < 4.78 is 5.64. The predicted molar refractivity (Wildman–Crippen MR) is 90.1 cm³/mol. The summed E-state index contributed by atoms with van der Waals surface area (Å²) in [6.45, 7) is 3.74. The first-order chi connectivity index (χ1) is 10.5. The molecule has 0 aliphatic carbocycles. The number of nitrogens with one attached hydrogen (secondary N) is 1. The van der Waals surface area contributed by atoms with E-state index in [1.165, 1.54) is 0 Å². The van der Waals surface area contributed by atoms with Gasteiger partial charge in [0.15, 0.2) is 5.76 Å². The van der Waals surface area contributed by atoms with Crippen LogP contribution in [0.5, 0.6) is 0 Å². The Morgan fingerprint density at radius 2 is 1.86 bits per heavy atom. The van der Waals surface area contributed by atoms with Crippen molar-refractivity contribution in [3.8, 4) is 0 Å². The third kappa shape index (κ3) is 2.70. The van der Waals surface area contributed by atoms with E-state index < -0.39 is 0 Å². The van der Waals surface area contributed by atoms with Crippen molar-refractivity contribution in [2.75, 3.05) is 5.32 Å². The van der Waals surface area contributed by atoms with Gasteiger partial charge in [0.1, 0.15) is 5.58 Å². The first kappa shape index (κ1) is 14.9. The lowest BCUT2D eigenvalue weighted by Gasteiger charge is -2.05. The van der Waals surface area contributed by atoms with E-state index in [2.05, 4.69) is 5.32 Å². The molecular formula is C17H13Cl2NO2. The topological polar surface area (TPSA) is 42.2 Å². The highest BCUT2D eigenvalue weighted by Crippen LogP contribution is 2.28. The molecule has 3 aromatic rings. The number of carbonyl (C=O) groups is 1. The van der Waals surface area contributed by atoms with Crippen LogP contribution in [0.1, 0.15) is 21.7 Å². The molecule has 0 aliphatic heterocycles. The van der Waals surface area contributed by atoms with Gasteiger partial charge in [0, 0.05) is 26.7 Å². The number of benzene rings is 2. The van der Waals surface area contributed by atoms with Crippen LogP contribution < -0.4 is 5.32 Å². The molecule has 0 saturated carbocycles. The number of hydrogen-bond donors (Lipinski definition) is 1. The van der Waals surface area contributed by atoms with E-state index in [4.69, 9.17) is 27.6 Å². The van der Waals surface area contributed by atoms with Crippen LogP contribution in [-0.4, -0.2) is 5.91 Å². The Balaban J connectivity index is 1.95. The molecule has 3 rings (SSSR count). The SMILES string of the molecule is Cc1ccc(NC(=O)c2oc3ccc(Cl)cc3c2C)cc1Cl. The Morgan fingerprint density at radius 3 is 2.59 bits per heavy atom. The van der Waals surface area contributed by atoms with E-state index in [1.807, 2.05) is 19.9 Å². The van der Waals surface area contributed by atoms with Crippen molar-refractivity contribution in [3.63, 3.8) is 0 Å². The maximum absolute atomic E-state index is 12.4. The minimum Gasteiger partial charge on any atom is -0.451 e. The van der Waals surface area contributed by atoms with Crippen molar-refractivity contribution in [1.82, 2.24) is 0 Å². The molecule has 0 fully saturated rings. The van der Waals surface area contributed by atoms with Crippen LogP contribution in [0.25, 0.3) is 11.0 Å². The van der Waals surface area contributed by atoms with Gasteiger partial charge in [-0.3, -0.25) is 4.79 Å². The number of anilines is 1. The average molecular weight is 334 g/mol. The van der Waals surface area contributed by atoms with Crippen molar-refractivity contribution >= 4 is 45.8 Å². The summed E-state index contributed by atoms with van der Waals surface area (Å²) in [5.74, 6) is -0.0429. The summed E-state index contributed by atoms with van der Waals surface area (Å²) >= 11 is 12.1. The van der Waals surface area contributed by atoms with Crippen LogP contribution in [0.2, 0.25) is 10.0 Å². The number of carbonyl (C=O) groups excluding carboxylic acids is 1. The van der Waals surface area contributed by atoms with E-state index in [9.17, 15) is 4.79 Å². The fraction of sp³-hybridized carbons (Fsp3) is 0.118. The molecule has 0 aliphatic rings. The van der Waals surface area contributed by atoms with E-state index in [1.54, 1.807) is 30.3 Å². The molecule has 22 heavy (non-hydrogen) atoms. The molecule has 0 radical (unpaired) electrons. The van der Waals surface area contributed by atoms with Crippen LogP contribution in [0, 0.1) is 13.8 Å². The maximum Gasteiger partial charge on any atom is 0.291 e. The molecule has 5 heteroatoms. The molecule has 2 aromatic carbocycles. The fourth-order valence-electron chi connectivity index (χ4n) is 2.27. The lowest BCUT2D eigenvalue weighted by molar-refractivity contribution is 0.0998. The number of fused-ring (bicyclic) bond motifs is 1. The molecule has 0 atom stereocenters. The van der Waals surface area contributed by atoms with Gasteiger partial charge in [-0.05, 0) is 49.7 Å². The number of halogens is 2. The summed E-state index contributed by atoms with van der Waals surface area (Å²) in [4.78, 5) is 12.4. The van der Waals surface area contributed by atoms with Gasteiger partial charge in [-0.2, -0.15) is 0 Å². The number of rotatable bonds is 2. The predicted octanol–water partition coefficient (Wildman–Crippen LogP) is 5.61. The largest absolute Gasteiger partial charge is 0.451 e. The summed E-state index contributed by atoms with van der Waals surface area (Å²) in [5, 5.41) is 4.83. The molecular weight excluding hydrogens is 321 g/mol. The lowest BCUT2D eigenvalue weighted by Crippen LogP contribution is -2.12. The maximum atomic E-state index is 12.4. The summed E-state index contributed by atoms with van der Waals surface area (Å²) in [7, 11) is 0. The average Bonchev–Trinajstić information content (AvgIpc) is 2.80. The normalized spacial score (nSPS) is 10.9. The third-order valence-corrected chi connectivity index (χ3v) is 4.18. The summed E-state index contributed by atoms with van der Waals surface area (Å²) in [6, 6.07) is 10.6. The number of amides is 1. The Morgan fingerprint density at radius 1 is 1.09 bits per heavy atom. The summed E-state index contributed by atoms with van der Waals surface area (Å²) in [6.07, 6.45) is 0. The van der Waals surface area contributed by atoms with Gasteiger partial charge < -0.3 is 9.73 Å². The second-order valence-corrected chi connectivity index (χ2v) is 5.96. The minimum atomic E-state index is -0.315. The Bertz CT molecular complexity index is 884. The molecule has 0 unspecified atom stereocenters. The molecule has 3 nitrogen and oxygen atoms in total. The molecule has 0 saturated heterocycles. The van der Waals surface area contributed by atoms with Crippen LogP contribution >= 0.6 is 23.2 Å². The van der Waals surface area contributed by atoms with E-state index in [0.717, 1.165) is 16.5 Å². The quantitative estimate of drug-likeness (QED) is 0.662. The van der Waals surface area contributed by atoms with E-state index in [0.29, 0.717) is 21.3 Å². The highest BCUT2D eigenvalue weighted by atomic mass is 35.5. The molecule has 1 amide bonds. The standard InChI is InChI=1S/C17H13Cl2NO2/c1-9-3-5-12(8-14(9)19)20-17(21)16-10(2)13-7-11(18)4-6-15(13)22-16/h3-8H,1-2H3,(H,20,21). The number of furan rings is 1. The molecule has 0 bridgehead atoms. The van der Waals surface area contributed by atoms with Gasteiger partial charge in [-0.1, -0.05) is 29.3 Å². The van der Waals surface area contributed by atoms with Gasteiger partial charge in [-0.25, -0.2) is 0 Å². The monoisotopic (exact) mass is 333 g/mol. The van der Waals surface area contributed by atoms with Crippen molar-refractivity contribution in [2.45, 2.75) is 13.8 Å². The smallest absolute Gasteiger partial charge is 0.291 e. The molecule has 1 heterocycles. The van der Waals surface area contributed by atoms with Gasteiger partial charge in [0.2, 0.25) is 0 Å². The minimum absolute atomic E-state index is 0.272. The summed E-state index contributed by atoms with van der Waals surface area (Å²) in [5.41, 5.74) is 2.97. The third-order valence-electron chi connectivity index (χ3n) is 3.53. The zero-order chi connectivity index (χ0) is 15.9. The van der Waals surface area contributed by atoms with Crippen molar-refractivity contribution in [2.24, 2.45) is 0 Å². The van der Waals surface area contributed by atoms with Crippen molar-refractivity contribution < 1.29 is 9.21 Å². The molecule has 112 valence electrons. The van der Waals surface area contributed by atoms with Crippen molar-refractivity contribution in [1.29, 1.82) is 0 Å².